The molecule has 2 aromatic carbocycles. The second kappa shape index (κ2) is 7.94. The lowest BCUT2D eigenvalue weighted by Gasteiger charge is -2.12. The number of nitrogens with zero attached hydrogens (tertiary/aromatic N) is 4. The predicted octanol–water partition coefficient (Wildman–Crippen LogP) is 4.75. The first-order chi connectivity index (χ1) is 13.3. The van der Waals surface area contributed by atoms with Crippen LogP contribution >= 0.6 is 11.8 Å². The van der Waals surface area contributed by atoms with Crippen molar-refractivity contribution in [1.82, 2.24) is 14.8 Å². The zero-order valence-corrected chi connectivity index (χ0v) is 15.2. The number of hydrogen-bond donors (Lipinski definition) is 0. The molecule has 0 aliphatic rings. The molecule has 0 aliphatic heterocycles. The van der Waals surface area contributed by atoms with Crippen molar-refractivity contribution in [3.8, 4) is 23.3 Å². The lowest BCUT2D eigenvalue weighted by molar-refractivity contribution is 0.575. The molecule has 132 valence electrons. The quantitative estimate of drug-likeness (QED) is 0.457. The van der Waals surface area contributed by atoms with E-state index in [0.717, 1.165) is 11.3 Å². The van der Waals surface area contributed by atoms with E-state index < -0.39 is 0 Å². The Hall–Kier alpha value is -3.30. The van der Waals surface area contributed by atoms with Gasteiger partial charge in [-0.05, 0) is 36.2 Å². The lowest BCUT2D eigenvalue weighted by atomic mass is 10.1. The van der Waals surface area contributed by atoms with Crippen molar-refractivity contribution in [1.29, 1.82) is 5.26 Å². The maximum atomic E-state index is 9.65. The molecule has 0 radical (unpaired) electrons. The van der Waals surface area contributed by atoms with Crippen LogP contribution in [-0.2, 0) is 6.42 Å². The number of thioether (sulfide) groups is 1. The van der Waals surface area contributed by atoms with E-state index in [2.05, 4.69) is 16.3 Å². The van der Waals surface area contributed by atoms with Gasteiger partial charge in [-0.15, -0.1) is 10.2 Å². The maximum absolute atomic E-state index is 9.65. The fourth-order valence-electron chi connectivity index (χ4n) is 2.79. The van der Waals surface area contributed by atoms with Gasteiger partial charge in [-0.25, -0.2) is 0 Å². The number of rotatable bonds is 6. The average molecular weight is 372 g/mol. The molecule has 4 aromatic rings. The van der Waals surface area contributed by atoms with E-state index >= 15 is 0 Å². The Balaban J connectivity index is 1.69. The van der Waals surface area contributed by atoms with Gasteiger partial charge in [0, 0.05) is 5.69 Å². The summed E-state index contributed by atoms with van der Waals surface area (Å²) >= 11 is 1.41. The van der Waals surface area contributed by atoms with Gasteiger partial charge in [-0.2, -0.15) is 5.26 Å². The zero-order valence-electron chi connectivity index (χ0n) is 14.4. The molecule has 0 unspecified atom stereocenters. The molecule has 0 bridgehead atoms. The molecule has 2 aromatic heterocycles. The van der Waals surface area contributed by atoms with Crippen molar-refractivity contribution in [2.75, 3.05) is 0 Å². The van der Waals surface area contributed by atoms with Gasteiger partial charge in [0.2, 0.25) is 5.82 Å². The summed E-state index contributed by atoms with van der Waals surface area (Å²) in [6.45, 7) is 0. The van der Waals surface area contributed by atoms with Gasteiger partial charge < -0.3 is 4.42 Å². The first-order valence-corrected chi connectivity index (χ1v) is 9.38. The highest BCUT2D eigenvalue weighted by Crippen LogP contribution is 2.31. The molecule has 0 N–H and O–H groups in total. The number of benzene rings is 2. The van der Waals surface area contributed by atoms with Gasteiger partial charge in [-0.1, -0.05) is 60.3 Å². The maximum Gasteiger partial charge on any atom is 0.205 e. The molecule has 27 heavy (non-hydrogen) atoms. The summed E-state index contributed by atoms with van der Waals surface area (Å²) in [5, 5.41) is 18.7. The summed E-state index contributed by atoms with van der Waals surface area (Å²) in [5.41, 5.74) is 2.04. The molecule has 0 amide bonds. The minimum atomic E-state index is -0.275. The Morgan fingerprint density at radius 3 is 2.37 bits per heavy atom. The van der Waals surface area contributed by atoms with Crippen LogP contribution in [0.25, 0.3) is 17.3 Å². The molecule has 2 heterocycles. The highest BCUT2D eigenvalue weighted by Gasteiger charge is 2.21. The molecular formula is C21H16N4OS. The van der Waals surface area contributed by atoms with Crippen LogP contribution in [0.3, 0.4) is 0 Å². The van der Waals surface area contributed by atoms with Gasteiger partial charge >= 0.3 is 0 Å². The fourth-order valence-corrected chi connectivity index (χ4v) is 3.76. The largest absolute Gasteiger partial charge is 0.461 e. The van der Waals surface area contributed by atoms with Crippen LogP contribution in [0.15, 0.2) is 88.6 Å². The van der Waals surface area contributed by atoms with Crippen LogP contribution in [0.2, 0.25) is 0 Å². The lowest BCUT2D eigenvalue weighted by Crippen LogP contribution is -2.07. The van der Waals surface area contributed by atoms with E-state index in [1.165, 1.54) is 11.8 Å². The van der Waals surface area contributed by atoms with Gasteiger partial charge in [0.25, 0.3) is 0 Å². The average Bonchev–Trinajstić information content (AvgIpc) is 3.38. The summed E-state index contributed by atoms with van der Waals surface area (Å²) in [5.74, 6) is 1.25. The van der Waals surface area contributed by atoms with Crippen LogP contribution in [0.4, 0.5) is 0 Å². The van der Waals surface area contributed by atoms with Crippen molar-refractivity contribution in [3.63, 3.8) is 0 Å². The summed E-state index contributed by atoms with van der Waals surface area (Å²) in [7, 11) is 0. The van der Waals surface area contributed by atoms with Crippen LogP contribution in [0, 0.1) is 11.3 Å². The second-order valence-electron chi connectivity index (χ2n) is 5.88. The minimum Gasteiger partial charge on any atom is -0.461 e. The van der Waals surface area contributed by atoms with E-state index in [4.69, 9.17) is 4.42 Å². The van der Waals surface area contributed by atoms with E-state index in [1.807, 2.05) is 77.4 Å². The molecule has 0 fully saturated rings. The first-order valence-electron chi connectivity index (χ1n) is 8.50. The van der Waals surface area contributed by atoms with Gasteiger partial charge in [0.1, 0.15) is 5.25 Å². The third-order valence-electron chi connectivity index (χ3n) is 4.04. The number of para-hydroxylation sites is 1. The normalized spacial score (nSPS) is 11.8. The van der Waals surface area contributed by atoms with E-state index in [1.54, 1.807) is 6.26 Å². The predicted molar refractivity (Wildman–Crippen MR) is 104 cm³/mol. The topological polar surface area (TPSA) is 67.6 Å². The van der Waals surface area contributed by atoms with Crippen molar-refractivity contribution < 1.29 is 4.42 Å². The molecule has 1 atom stereocenters. The molecule has 0 aliphatic carbocycles. The molecule has 0 spiro atoms. The monoisotopic (exact) mass is 372 g/mol. The summed E-state index contributed by atoms with van der Waals surface area (Å²) < 4.78 is 7.45. The molecular weight excluding hydrogens is 356 g/mol. The smallest absolute Gasteiger partial charge is 0.205 e. The number of aromatic nitrogens is 3. The SMILES string of the molecule is N#C[C@@H](Cc1ccccc1)Sc1nnc(-c2ccco2)n1-c1ccccc1. The van der Waals surface area contributed by atoms with Crippen molar-refractivity contribution in [2.45, 2.75) is 16.8 Å². The second-order valence-corrected chi connectivity index (χ2v) is 7.05. The molecule has 0 saturated heterocycles. The molecule has 5 nitrogen and oxygen atoms in total. The van der Waals surface area contributed by atoms with E-state index in [0.29, 0.717) is 23.2 Å². The highest BCUT2D eigenvalue weighted by atomic mass is 32.2. The zero-order chi connectivity index (χ0) is 18.5. The Morgan fingerprint density at radius 1 is 0.963 bits per heavy atom. The van der Waals surface area contributed by atoms with Gasteiger partial charge in [0.15, 0.2) is 10.9 Å². The summed E-state index contributed by atoms with van der Waals surface area (Å²) in [6.07, 6.45) is 2.25. The third-order valence-corrected chi connectivity index (χ3v) is 5.08. The first kappa shape index (κ1) is 17.1. The van der Waals surface area contributed by atoms with Crippen molar-refractivity contribution in [2.24, 2.45) is 0 Å². The number of furan rings is 1. The Bertz CT molecular complexity index is 1040. The van der Waals surface area contributed by atoms with Crippen molar-refractivity contribution >= 4 is 11.8 Å². The Labute approximate surface area is 161 Å². The van der Waals surface area contributed by atoms with Crippen LogP contribution in [0.5, 0.6) is 0 Å². The minimum absolute atomic E-state index is 0.275. The van der Waals surface area contributed by atoms with Gasteiger partial charge in [0.05, 0.1) is 12.3 Å². The Morgan fingerprint density at radius 2 is 1.70 bits per heavy atom. The number of nitriles is 1. The van der Waals surface area contributed by atoms with Crippen LogP contribution in [0.1, 0.15) is 5.56 Å². The molecule has 4 rings (SSSR count). The fraction of sp³-hybridized carbons (Fsp3) is 0.0952. The highest BCUT2D eigenvalue weighted by molar-refractivity contribution is 8.00. The summed E-state index contributed by atoms with van der Waals surface area (Å²) in [6, 6.07) is 25.9. The van der Waals surface area contributed by atoms with Crippen LogP contribution in [-0.4, -0.2) is 20.0 Å². The summed E-state index contributed by atoms with van der Waals surface area (Å²) in [4.78, 5) is 0. The van der Waals surface area contributed by atoms with E-state index in [-0.39, 0.29) is 5.25 Å². The molecule has 6 heteroatoms. The van der Waals surface area contributed by atoms with Crippen molar-refractivity contribution in [3.05, 3.63) is 84.6 Å². The number of hydrogen-bond acceptors (Lipinski definition) is 5. The Kier molecular flexibility index (Phi) is 5.04. The molecule has 0 saturated carbocycles. The van der Waals surface area contributed by atoms with Crippen LogP contribution < -0.4 is 0 Å². The van der Waals surface area contributed by atoms with E-state index in [9.17, 15) is 5.26 Å². The standard InChI is InChI=1S/C21H16N4OS/c22-15-18(14-16-8-3-1-4-9-16)27-21-24-23-20(19-12-7-13-26-19)25(21)17-10-5-2-6-11-17/h1-13,18H,14H2/t18-/m1/s1. The van der Waals surface area contributed by atoms with Gasteiger partial charge in [-0.3, -0.25) is 4.57 Å². The third kappa shape index (κ3) is 3.78.